The van der Waals surface area contributed by atoms with Crippen molar-refractivity contribution in [3.63, 3.8) is 0 Å². The number of nitrogens with zero attached hydrogens (tertiary/aromatic N) is 3. The Hall–Kier alpha value is -3.92. The molecule has 2 aromatic heterocycles. The predicted octanol–water partition coefficient (Wildman–Crippen LogP) is 5.16. The fourth-order valence-corrected chi connectivity index (χ4v) is 6.34. The molecule has 198 valence electrons. The first-order chi connectivity index (χ1) is 18.0. The molecular formula is C28H30N4O5S. The van der Waals surface area contributed by atoms with Crippen LogP contribution in [0.4, 0.5) is 4.79 Å². The molecule has 2 aromatic carbocycles. The maximum absolute atomic E-state index is 14.0. The summed E-state index contributed by atoms with van der Waals surface area (Å²) in [6, 6.07) is 12.3. The van der Waals surface area contributed by atoms with Crippen LogP contribution in [0.1, 0.15) is 49.9 Å². The maximum atomic E-state index is 14.0. The lowest BCUT2D eigenvalue weighted by atomic mass is 10.0. The highest BCUT2D eigenvalue weighted by Gasteiger charge is 2.31. The minimum atomic E-state index is -3.96. The average Bonchev–Trinajstić information content (AvgIpc) is 3.45. The van der Waals surface area contributed by atoms with Gasteiger partial charge in [-0.3, -0.25) is 0 Å². The van der Waals surface area contributed by atoms with Crippen molar-refractivity contribution < 1.29 is 22.7 Å². The zero-order chi connectivity index (χ0) is 27.2. The van der Waals surface area contributed by atoms with Crippen LogP contribution in [-0.2, 0) is 21.2 Å². The van der Waals surface area contributed by atoms with E-state index in [9.17, 15) is 13.2 Å². The number of aromatic nitrogens is 3. The molecule has 5 rings (SSSR count). The molecule has 0 spiro atoms. The van der Waals surface area contributed by atoms with Gasteiger partial charge in [0.25, 0.3) is 10.0 Å². The van der Waals surface area contributed by atoms with Gasteiger partial charge in [0, 0.05) is 23.3 Å². The quantitative estimate of drug-likeness (QED) is 0.376. The summed E-state index contributed by atoms with van der Waals surface area (Å²) in [5.41, 5.74) is 3.84. The van der Waals surface area contributed by atoms with Gasteiger partial charge in [0.1, 0.15) is 5.60 Å². The van der Waals surface area contributed by atoms with Gasteiger partial charge in [0.2, 0.25) is 0 Å². The second-order valence-electron chi connectivity index (χ2n) is 10.4. The lowest BCUT2D eigenvalue weighted by Gasteiger charge is -2.22. The van der Waals surface area contributed by atoms with E-state index in [4.69, 9.17) is 9.47 Å². The van der Waals surface area contributed by atoms with E-state index in [-0.39, 0.29) is 16.9 Å². The molecule has 1 amide bonds. The van der Waals surface area contributed by atoms with E-state index in [1.165, 1.54) is 11.1 Å². The summed E-state index contributed by atoms with van der Waals surface area (Å²) < 4.78 is 39.9. The van der Waals surface area contributed by atoms with Crippen LogP contribution >= 0.6 is 0 Å². The summed E-state index contributed by atoms with van der Waals surface area (Å²) in [6.45, 7) is 7.37. The largest absolute Gasteiger partial charge is 0.467 e. The Morgan fingerprint density at radius 3 is 2.39 bits per heavy atom. The van der Waals surface area contributed by atoms with Gasteiger partial charge in [0.05, 0.1) is 29.3 Å². The summed E-state index contributed by atoms with van der Waals surface area (Å²) in [7, 11) is -2.49. The molecule has 0 radical (unpaired) electrons. The molecule has 0 fully saturated rings. The van der Waals surface area contributed by atoms with Crippen LogP contribution in [-0.4, -0.2) is 41.2 Å². The molecule has 1 unspecified atom stereocenters. The summed E-state index contributed by atoms with van der Waals surface area (Å²) >= 11 is 0. The highest BCUT2D eigenvalue weighted by molar-refractivity contribution is 7.90. The van der Waals surface area contributed by atoms with Crippen molar-refractivity contribution in [3.05, 3.63) is 71.5 Å². The Labute approximate surface area is 221 Å². The molecule has 9 nitrogen and oxygen atoms in total. The van der Waals surface area contributed by atoms with E-state index in [0.29, 0.717) is 29.6 Å². The predicted molar refractivity (Wildman–Crippen MR) is 144 cm³/mol. The first kappa shape index (κ1) is 25.7. The molecule has 0 saturated heterocycles. The summed E-state index contributed by atoms with van der Waals surface area (Å²) in [5.74, 6) is 0. The van der Waals surface area contributed by atoms with Gasteiger partial charge in [-0.05, 0) is 75.9 Å². The average molecular weight is 535 g/mol. The lowest BCUT2D eigenvalue weighted by molar-refractivity contribution is 0.0503. The molecule has 1 N–H and O–H groups in total. The van der Waals surface area contributed by atoms with Crippen molar-refractivity contribution >= 4 is 27.0 Å². The zero-order valence-corrected chi connectivity index (χ0v) is 22.8. The third-order valence-corrected chi connectivity index (χ3v) is 8.25. The third-order valence-electron chi connectivity index (χ3n) is 6.50. The molecule has 1 aliphatic rings. The van der Waals surface area contributed by atoms with E-state index in [1.54, 1.807) is 42.7 Å². The van der Waals surface area contributed by atoms with Crippen molar-refractivity contribution in [2.75, 3.05) is 7.11 Å². The number of methoxy groups -OCH3 is 1. The van der Waals surface area contributed by atoms with E-state index in [0.717, 1.165) is 22.1 Å². The number of aryl methyl sites for hydroxylation is 2. The van der Waals surface area contributed by atoms with Gasteiger partial charge >= 0.3 is 12.1 Å². The number of carbonyl (C=O) groups is 1. The molecule has 0 aliphatic heterocycles. The molecular weight excluding hydrogens is 504 g/mol. The highest BCUT2D eigenvalue weighted by atomic mass is 32.2. The topological polar surface area (TPSA) is 112 Å². The first-order valence-corrected chi connectivity index (χ1v) is 13.8. The molecule has 1 aliphatic carbocycles. The fraction of sp³-hybridized carbons (Fsp3) is 0.321. The smallest absolute Gasteiger partial charge is 0.408 e. The van der Waals surface area contributed by atoms with E-state index in [1.807, 2.05) is 39.8 Å². The van der Waals surface area contributed by atoms with Crippen LogP contribution < -0.4 is 10.1 Å². The van der Waals surface area contributed by atoms with Crippen molar-refractivity contribution in [2.45, 2.75) is 57.1 Å². The zero-order valence-electron chi connectivity index (χ0n) is 22.0. The Kier molecular flexibility index (Phi) is 6.38. The third kappa shape index (κ3) is 4.71. The van der Waals surface area contributed by atoms with Crippen LogP contribution in [0.5, 0.6) is 6.01 Å². The SMILES string of the molecule is COc1ncc(-c2cc3c4c(ccc3n2S(=O)(=O)c2ccc(C)cc2)C(NC(=O)OC(C)(C)C)CC4)cn1. The number of hydrogen-bond acceptors (Lipinski definition) is 7. The Balaban J connectivity index is 1.66. The van der Waals surface area contributed by atoms with E-state index >= 15 is 0 Å². The molecule has 1 atom stereocenters. The minimum absolute atomic E-state index is 0.182. The number of benzene rings is 2. The van der Waals surface area contributed by atoms with Crippen LogP contribution in [0.25, 0.3) is 22.2 Å². The normalized spacial score (nSPS) is 15.3. The number of alkyl carbamates (subject to hydrolysis) is 1. The van der Waals surface area contributed by atoms with Gasteiger partial charge in [0.15, 0.2) is 0 Å². The van der Waals surface area contributed by atoms with Gasteiger partial charge in [-0.2, -0.15) is 0 Å². The van der Waals surface area contributed by atoms with Crippen molar-refractivity contribution in [1.82, 2.24) is 19.3 Å². The number of carbonyl (C=O) groups excluding carboxylic acids is 1. The number of ether oxygens (including phenoxy) is 2. The number of nitrogens with one attached hydrogen (secondary N) is 1. The van der Waals surface area contributed by atoms with Gasteiger partial charge in [-0.15, -0.1) is 0 Å². The molecule has 0 saturated carbocycles. The van der Waals surface area contributed by atoms with Gasteiger partial charge in [-0.1, -0.05) is 23.8 Å². The van der Waals surface area contributed by atoms with Crippen molar-refractivity contribution in [1.29, 1.82) is 0 Å². The van der Waals surface area contributed by atoms with Crippen LogP contribution in [0, 0.1) is 6.92 Å². The first-order valence-electron chi connectivity index (χ1n) is 12.3. The molecule has 2 heterocycles. The van der Waals surface area contributed by atoms with Crippen molar-refractivity contribution in [2.24, 2.45) is 0 Å². The molecule has 10 heteroatoms. The van der Waals surface area contributed by atoms with Crippen LogP contribution in [0.15, 0.2) is 59.8 Å². The van der Waals surface area contributed by atoms with E-state index < -0.39 is 21.7 Å². The molecule has 0 bridgehead atoms. The lowest BCUT2D eigenvalue weighted by Crippen LogP contribution is -2.34. The second kappa shape index (κ2) is 9.43. The fourth-order valence-electron chi connectivity index (χ4n) is 4.81. The Bertz CT molecular complexity index is 1620. The van der Waals surface area contributed by atoms with Gasteiger partial charge < -0.3 is 14.8 Å². The Morgan fingerprint density at radius 1 is 1.08 bits per heavy atom. The number of hydrogen-bond donors (Lipinski definition) is 1. The summed E-state index contributed by atoms with van der Waals surface area (Å²) in [4.78, 5) is 21.0. The molecule has 38 heavy (non-hydrogen) atoms. The minimum Gasteiger partial charge on any atom is -0.467 e. The molecule has 4 aromatic rings. The second-order valence-corrected chi connectivity index (χ2v) is 12.2. The van der Waals surface area contributed by atoms with Crippen molar-refractivity contribution in [3.8, 4) is 17.3 Å². The standard InChI is InChI=1S/C28H30N4O5S/c1-17-6-8-19(9-7-17)38(34,35)32-24-13-11-21-20(10-12-23(21)31-27(33)37-28(2,3)4)22(24)14-25(32)18-15-29-26(36-5)30-16-18/h6-9,11,13-16,23H,10,12H2,1-5H3,(H,31,33). The number of amides is 1. The maximum Gasteiger partial charge on any atom is 0.408 e. The Morgan fingerprint density at radius 2 is 1.76 bits per heavy atom. The monoisotopic (exact) mass is 534 g/mol. The van der Waals surface area contributed by atoms with Crippen LogP contribution in [0.2, 0.25) is 0 Å². The highest BCUT2D eigenvalue weighted by Crippen LogP contribution is 2.40. The number of rotatable bonds is 5. The van der Waals surface area contributed by atoms with E-state index in [2.05, 4.69) is 15.3 Å². The van der Waals surface area contributed by atoms with Crippen LogP contribution in [0.3, 0.4) is 0 Å². The summed E-state index contributed by atoms with van der Waals surface area (Å²) in [5, 5.41) is 3.77. The summed E-state index contributed by atoms with van der Waals surface area (Å²) in [6.07, 6.45) is 3.99. The van der Waals surface area contributed by atoms with Gasteiger partial charge in [-0.25, -0.2) is 27.2 Å². The number of fused-ring (bicyclic) bond motifs is 3.